The number of fused-ring (bicyclic) bond motifs is 1. The van der Waals surface area contributed by atoms with Crippen LogP contribution in [-0.2, 0) is 0 Å². The molecule has 0 bridgehead atoms. The van der Waals surface area contributed by atoms with Gasteiger partial charge in [-0.25, -0.2) is 0 Å². The van der Waals surface area contributed by atoms with Crippen LogP contribution in [-0.4, -0.2) is 30.7 Å². The lowest BCUT2D eigenvalue weighted by molar-refractivity contribution is 0.0902. The standard InChI is InChI=1S/C10H10O4/c11-6-8(12)7-1-2-9-10(5-7)14-4-3-13-9/h1-2,5,11H,3-4,6H2. The Labute approximate surface area is 81.1 Å². The number of aliphatic hydroxyl groups excluding tert-OH is 1. The van der Waals surface area contributed by atoms with Gasteiger partial charge in [0.1, 0.15) is 19.8 Å². The van der Waals surface area contributed by atoms with Gasteiger partial charge in [0.15, 0.2) is 17.3 Å². The molecule has 0 radical (unpaired) electrons. The Kier molecular flexibility index (Phi) is 2.37. The van der Waals surface area contributed by atoms with E-state index in [9.17, 15) is 4.79 Å². The van der Waals surface area contributed by atoms with Crippen molar-refractivity contribution in [3.05, 3.63) is 23.8 Å². The van der Waals surface area contributed by atoms with Crippen LogP contribution >= 0.6 is 0 Å². The van der Waals surface area contributed by atoms with Crippen molar-refractivity contribution in [2.24, 2.45) is 0 Å². The number of aliphatic hydroxyl groups is 1. The van der Waals surface area contributed by atoms with Gasteiger partial charge in [-0.1, -0.05) is 0 Å². The third-order valence-electron chi connectivity index (χ3n) is 2.01. The summed E-state index contributed by atoms with van der Waals surface area (Å²) in [5.41, 5.74) is 0.441. The first-order chi connectivity index (χ1) is 6.81. The summed E-state index contributed by atoms with van der Waals surface area (Å²) in [6.07, 6.45) is 0. The molecule has 1 aliphatic rings. The predicted octanol–water partition coefficient (Wildman–Crippen LogP) is 0.633. The number of hydrogen-bond donors (Lipinski definition) is 1. The zero-order valence-corrected chi connectivity index (χ0v) is 7.53. The van der Waals surface area contributed by atoms with E-state index >= 15 is 0 Å². The summed E-state index contributed by atoms with van der Waals surface area (Å²) in [6.45, 7) is 0.531. The third kappa shape index (κ3) is 1.56. The van der Waals surface area contributed by atoms with Crippen molar-refractivity contribution >= 4 is 5.78 Å². The summed E-state index contributed by atoms with van der Waals surface area (Å²) < 4.78 is 10.6. The van der Waals surface area contributed by atoms with Crippen LogP contribution < -0.4 is 9.47 Å². The van der Waals surface area contributed by atoms with Crippen molar-refractivity contribution in [2.75, 3.05) is 19.8 Å². The zero-order chi connectivity index (χ0) is 9.97. The topological polar surface area (TPSA) is 55.8 Å². The predicted molar refractivity (Wildman–Crippen MR) is 48.8 cm³/mol. The molecule has 1 aromatic rings. The molecule has 0 unspecified atom stereocenters. The number of ketones is 1. The third-order valence-corrected chi connectivity index (χ3v) is 2.01. The minimum absolute atomic E-state index is 0.318. The summed E-state index contributed by atoms with van der Waals surface area (Å²) >= 11 is 0. The number of benzene rings is 1. The van der Waals surface area contributed by atoms with Gasteiger partial charge >= 0.3 is 0 Å². The molecule has 0 amide bonds. The highest BCUT2D eigenvalue weighted by Crippen LogP contribution is 2.30. The van der Waals surface area contributed by atoms with Crippen molar-refractivity contribution in [1.82, 2.24) is 0 Å². The van der Waals surface area contributed by atoms with Gasteiger partial charge in [-0.2, -0.15) is 0 Å². The lowest BCUT2D eigenvalue weighted by atomic mass is 10.1. The number of Topliss-reactive ketones (excluding diaryl/α,β-unsaturated/α-hetero) is 1. The van der Waals surface area contributed by atoms with Crippen molar-refractivity contribution in [3.63, 3.8) is 0 Å². The van der Waals surface area contributed by atoms with Crippen LogP contribution in [0.25, 0.3) is 0 Å². The van der Waals surface area contributed by atoms with E-state index in [1.54, 1.807) is 18.2 Å². The second-order valence-electron chi connectivity index (χ2n) is 2.94. The van der Waals surface area contributed by atoms with Crippen LogP contribution in [0.3, 0.4) is 0 Å². The summed E-state index contributed by atoms with van der Waals surface area (Å²) in [5, 5.41) is 8.67. The molecule has 14 heavy (non-hydrogen) atoms. The van der Waals surface area contributed by atoms with E-state index in [0.717, 1.165) is 0 Å². The molecule has 1 heterocycles. The minimum Gasteiger partial charge on any atom is -0.486 e. The molecule has 0 saturated carbocycles. The van der Waals surface area contributed by atoms with E-state index in [4.69, 9.17) is 14.6 Å². The van der Waals surface area contributed by atoms with Gasteiger partial charge in [0.25, 0.3) is 0 Å². The van der Waals surface area contributed by atoms with Gasteiger partial charge in [-0.3, -0.25) is 4.79 Å². The van der Waals surface area contributed by atoms with E-state index in [-0.39, 0.29) is 5.78 Å². The fourth-order valence-electron chi connectivity index (χ4n) is 1.31. The second kappa shape index (κ2) is 3.67. The molecule has 4 nitrogen and oxygen atoms in total. The van der Waals surface area contributed by atoms with Gasteiger partial charge in [0.2, 0.25) is 0 Å². The highest BCUT2D eigenvalue weighted by atomic mass is 16.6. The average Bonchev–Trinajstić information content (AvgIpc) is 2.27. The lowest BCUT2D eigenvalue weighted by Crippen LogP contribution is -2.16. The molecule has 4 heteroatoms. The monoisotopic (exact) mass is 194 g/mol. The summed E-state index contributed by atoms with van der Waals surface area (Å²) in [7, 11) is 0. The summed E-state index contributed by atoms with van der Waals surface area (Å²) in [6, 6.07) is 4.89. The maximum atomic E-state index is 11.2. The Balaban J connectivity index is 2.33. The quantitative estimate of drug-likeness (QED) is 0.702. The molecule has 0 aliphatic carbocycles. The van der Waals surface area contributed by atoms with E-state index in [1.807, 2.05) is 0 Å². The first kappa shape index (κ1) is 9.02. The van der Waals surface area contributed by atoms with Crippen LogP contribution in [0, 0.1) is 0 Å². The maximum absolute atomic E-state index is 11.2. The molecule has 1 aliphatic heterocycles. The van der Waals surface area contributed by atoms with Gasteiger partial charge < -0.3 is 14.6 Å². The molecule has 0 atom stereocenters. The van der Waals surface area contributed by atoms with E-state index in [1.165, 1.54) is 0 Å². The van der Waals surface area contributed by atoms with Crippen molar-refractivity contribution in [2.45, 2.75) is 0 Å². The average molecular weight is 194 g/mol. The minimum atomic E-state index is -0.486. The second-order valence-corrected chi connectivity index (χ2v) is 2.94. The molecule has 1 aromatic carbocycles. The Morgan fingerprint density at radius 2 is 2.00 bits per heavy atom. The highest BCUT2D eigenvalue weighted by molar-refractivity contribution is 5.97. The number of hydrogen-bond acceptors (Lipinski definition) is 4. The maximum Gasteiger partial charge on any atom is 0.188 e. The Hall–Kier alpha value is -1.55. The molecular weight excluding hydrogens is 184 g/mol. The van der Waals surface area contributed by atoms with E-state index < -0.39 is 6.61 Å². The lowest BCUT2D eigenvalue weighted by Gasteiger charge is -2.18. The highest BCUT2D eigenvalue weighted by Gasteiger charge is 2.13. The van der Waals surface area contributed by atoms with Gasteiger partial charge in [0, 0.05) is 5.56 Å². The van der Waals surface area contributed by atoms with E-state index in [2.05, 4.69) is 0 Å². The number of rotatable bonds is 2. The van der Waals surface area contributed by atoms with E-state index in [0.29, 0.717) is 30.3 Å². The first-order valence-electron chi connectivity index (χ1n) is 4.35. The SMILES string of the molecule is O=C(CO)c1ccc2c(c1)OCCO2. The smallest absolute Gasteiger partial charge is 0.188 e. The molecule has 0 spiro atoms. The summed E-state index contributed by atoms with van der Waals surface area (Å²) in [4.78, 5) is 11.2. The number of ether oxygens (including phenoxy) is 2. The molecule has 0 aromatic heterocycles. The Bertz CT molecular complexity index is 359. The normalized spacial score (nSPS) is 13.8. The van der Waals surface area contributed by atoms with Gasteiger partial charge in [-0.15, -0.1) is 0 Å². The molecule has 74 valence electrons. The van der Waals surface area contributed by atoms with Gasteiger partial charge in [0.05, 0.1) is 0 Å². The van der Waals surface area contributed by atoms with Gasteiger partial charge in [-0.05, 0) is 18.2 Å². The van der Waals surface area contributed by atoms with Crippen LogP contribution in [0.4, 0.5) is 0 Å². The summed E-state index contributed by atoms with van der Waals surface area (Å²) in [5.74, 6) is 0.892. The fraction of sp³-hybridized carbons (Fsp3) is 0.300. The largest absolute Gasteiger partial charge is 0.486 e. The molecule has 0 saturated heterocycles. The molecule has 2 rings (SSSR count). The first-order valence-corrected chi connectivity index (χ1v) is 4.35. The van der Waals surface area contributed by atoms with Crippen molar-refractivity contribution in [3.8, 4) is 11.5 Å². The molecule has 0 fully saturated rings. The van der Waals surface area contributed by atoms with Crippen LogP contribution in [0.2, 0.25) is 0 Å². The van der Waals surface area contributed by atoms with Crippen LogP contribution in [0.15, 0.2) is 18.2 Å². The Morgan fingerprint density at radius 3 is 2.71 bits per heavy atom. The van der Waals surface area contributed by atoms with Crippen LogP contribution in [0.1, 0.15) is 10.4 Å². The van der Waals surface area contributed by atoms with Crippen LogP contribution in [0.5, 0.6) is 11.5 Å². The number of carbonyl (C=O) groups is 1. The zero-order valence-electron chi connectivity index (χ0n) is 7.53. The molecule has 1 N–H and O–H groups in total. The van der Waals surface area contributed by atoms with Crippen molar-refractivity contribution < 1.29 is 19.4 Å². The van der Waals surface area contributed by atoms with Crippen molar-refractivity contribution in [1.29, 1.82) is 0 Å². The fourth-order valence-corrected chi connectivity index (χ4v) is 1.31. The Morgan fingerprint density at radius 1 is 1.29 bits per heavy atom. The molecular formula is C10H10O4. The number of carbonyl (C=O) groups excluding carboxylic acids is 1.